The second kappa shape index (κ2) is 8.70. The van der Waals surface area contributed by atoms with E-state index in [1.165, 1.54) is 11.8 Å². The second-order valence-electron chi connectivity index (χ2n) is 9.91. The average Bonchev–Trinajstić information content (AvgIpc) is 3.20. The molecule has 2 saturated carbocycles. The maximum atomic E-state index is 12.6. The number of fused-ring (bicyclic) bond motifs is 1. The minimum Gasteiger partial charge on any atom is -0.461 e. The SMILES string of the molecule is C=C1CC[C@@H]2[C@](C)(COC(=O)c3ccccc3)[C@H](O)CC[C@@]2(C)[C@@H]1C/C=C1\C=COC1=O. The molecule has 4 rings (SSSR count). The molecule has 0 amide bonds. The van der Waals surface area contributed by atoms with Crippen LogP contribution in [-0.2, 0) is 14.3 Å². The van der Waals surface area contributed by atoms with Crippen LogP contribution < -0.4 is 0 Å². The predicted molar refractivity (Wildman–Crippen MR) is 121 cm³/mol. The van der Waals surface area contributed by atoms with Gasteiger partial charge in [-0.25, -0.2) is 9.59 Å². The van der Waals surface area contributed by atoms with E-state index in [2.05, 4.69) is 20.4 Å². The predicted octanol–water partition coefficient (Wildman–Crippen LogP) is 4.98. The molecule has 2 aliphatic carbocycles. The first-order chi connectivity index (χ1) is 15.3. The summed E-state index contributed by atoms with van der Waals surface area (Å²) in [5, 5.41) is 11.1. The number of aliphatic hydroxyl groups excluding tert-OH is 1. The molecule has 0 saturated heterocycles. The lowest BCUT2D eigenvalue weighted by Crippen LogP contribution is -2.57. The van der Waals surface area contributed by atoms with Crippen LogP contribution in [-0.4, -0.2) is 29.8 Å². The number of esters is 2. The zero-order valence-corrected chi connectivity index (χ0v) is 18.9. The van der Waals surface area contributed by atoms with Crippen LogP contribution in [0.25, 0.3) is 0 Å². The van der Waals surface area contributed by atoms with Gasteiger partial charge in [0.1, 0.15) is 0 Å². The van der Waals surface area contributed by atoms with Gasteiger partial charge in [-0.15, -0.1) is 0 Å². The zero-order valence-electron chi connectivity index (χ0n) is 18.9. The van der Waals surface area contributed by atoms with E-state index in [9.17, 15) is 14.7 Å². The molecule has 0 spiro atoms. The summed E-state index contributed by atoms with van der Waals surface area (Å²) in [6.07, 6.45) is 8.52. The lowest BCUT2D eigenvalue weighted by Gasteiger charge is -2.60. The normalized spacial score (nSPS) is 35.5. The summed E-state index contributed by atoms with van der Waals surface area (Å²) in [5.74, 6) is -0.321. The van der Waals surface area contributed by atoms with Gasteiger partial charge in [0.05, 0.1) is 30.1 Å². The zero-order chi connectivity index (χ0) is 22.9. The Hall–Kier alpha value is -2.66. The van der Waals surface area contributed by atoms with Gasteiger partial charge in [-0.1, -0.05) is 50.3 Å². The van der Waals surface area contributed by atoms with Gasteiger partial charge < -0.3 is 14.6 Å². The molecule has 0 bridgehead atoms. The largest absolute Gasteiger partial charge is 0.461 e. The van der Waals surface area contributed by atoms with E-state index in [0.29, 0.717) is 24.0 Å². The maximum absolute atomic E-state index is 12.6. The van der Waals surface area contributed by atoms with Gasteiger partial charge >= 0.3 is 11.9 Å². The van der Waals surface area contributed by atoms with E-state index in [1.54, 1.807) is 18.2 Å². The van der Waals surface area contributed by atoms with E-state index in [0.717, 1.165) is 19.3 Å². The average molecular weight is 437 g/mol. The van der Waals surface area contributed by atoms with Crippen molar-refractivity contribution in [2.75, 3.05) is 6.61 Å². The van der Waals surface area contributed by atoms with Crippen molar-refractivity contribution in [1.82, 2.24) is 0 Å². The molecule has 5 nitrogen and oxygen atoms in total. The molecule has 1 aromatic carbocycles. The molecule has 5 atom stereocenters. The number of carbonyl (C=O) groups excluding carboxylic acids is 2. The molecule has 0 aromatic heterocycles. The van der Waals surface area contributed by atoms with E-state index in [-0.39, 0.29) is 35.8 Å². The summed E-state index contributed by atoms with van der Waals surface area (Å²) in [5.41, 5.74) is 1.64. The summed E-state index contributed by atoms with van der Waals surface area (Å²) in [7, 11) is 0. The third kappa shape index (κ3) is 3.95. The van der Waals surface area contributed by atoms with Gasteiger partial charge in [-0.3, -0.25) is 0 Å². The van der Waals surface area contributed by atoms with Crippen molar-refractivity contribution in [2.45, 2.75) is 52.1 Å². The van der Waals surface area contributed by atoms with Gasteiger partial charge in [0.15, 0.2) is 0 Å². The van der Waals surface area contributed by atoms with Crippen LogP contribution in [0.4, 0.5) is 0 Å². The van der Waals surface area contributed by atoms with Crippen LogP contribution in [0.3, 0.4) is 0 Å². The number of allylic oxidation sites excluding steroid dienone is 2. The molecule has 1 aliphatic heterocycles. The highest BCUT2D eigenvalue weighted by atomic mass is 16.5. The third-order valence-corrected chi connectivity index (χ3v) is 8.11. The molecule has 1 heterocycles. The molecular formula is C27H32O5. The number of aliphatic hydroxyl groups is 1. The summed E-state index contributed by atoms with van der Waals surface area (Å²) in [6.45, 7) is 8.87. The summed E-state index contributed by atoms with van der Waals surface area (Å²) in [4.78, 5) is 24.4. The molecule has 2 fully saturated rings. The Morgan fingerprint density at radius 3 is 2.72 bits per heavy atom. The van der Waals surface area contributed by atoms with Crippen LogP contribution in [0.5, 0.6) is 0 Å². The van der Waals surface area contributed by atoms with Crippen LogP contribution in [0.15, 0.2) is 66.5 Å². The van der Waals surface area contributed by atoms with Crippen molar-refractivity contribution in [3.8, 4) is 0 Å². The molecule has 170 valence electrons. The van der Waals surface area contributed by atoms with Crippen molar-refractivity contribution in [3.05, 3.63) is 72.0 Å². The molecule has 1 aromatic rings. The van der Waals surface area contributed by atoms with Gasteiger partial charge in [0.25, 0.3) is 0 Å². The quantitative estimate of drug-likeness (QED) is 0.400. The lowest BCUT2D eigenvalue weighted by atomic mass is 9.46. The maximum Gasteiger partial charge on any atom is 0.342 e. The summed E-state index contributed by atoms with van der Waals surface area (Å²) in [6, 6.07) is 8.96. The number of rotatable bonds is 5. The Morgan fingerprint density at radius 1 is 1.28 bits per heavy atom. The number of benzene rings is 1. The molecule has 0 unspecified atom stereocenters. The van der Waals surface area contributed by atoms with Gasteiger partial charge in [-0.05, 0) is 67.6 Å². The molecule has 5 heteroatoms. The van der Waals surface area contributed by atoms with Crippen molar-refractivity contribution in [3.63, 3.8) is 0 Å². The molecule has 0 radical (unpaired) electrons. The number of carbonyl (C=O) groups is 2. The summed E-state index contributed by atoms with van der Waals surface area (Å²) < 4.78 is 10.7. The highest BCUT2D eigenvalue weighted by molar-refractivity contribution is 5.94. The monoisotopic (exact) mass is 436 g/mol. The smallest absolute Gasteiger partial charge is 0.342 e. The van der Waals surface area contributed by atoms with Gasteiger partial charge in [0, 0.05) is 5.41 Å². The van der Waals surface area contributed by atoms with Crippen LogP contribution in [0.2, 0.25) is 0 Å². The number of hydrogen-bond donors (Lipinski definition) is 1. The molecule has 1 N–H and O–H groups in total. The molecule has 32 heavy (non-hydrogen) atoms. The topological polar surface area (TPSA) is 72.8 Å². The minimum absolute atomic E-state index is 0.105. The summed E-state index contributed by atoms with van der Waals surface area (Å²) >= 11 is 0. The van der Waals surface area contributed by atoms with Crippen LogP contribution >= 0.6 is 0 Å². The van der Waals surface area contributed by atoms with E-state index in [4.69, 9.17) is 9.47 Å². The van der Waals surface area contributed by atoms with Crippen molar-refractivity contribution in [2.24, 2.45) is 22.7 Å². The molecule has 3 aliphatic rings. The van der Waals surface area contributed by atoms with Crippen molar-refractivity contribution in [1.29, 1.82) is 0 Å². The first-order valence-electron chi connectivity index (χ1n) is 11.4. The fraction of sp³-hybridized carbons (Fsp3) is 0.481. The molecular weight excluding hydrogens is 404 g/mol. The van der Waals surface area contributed by atoms with Crippen LogP contribution in [0.1, 0.15) is 56.3 Å². The number of ether oxygens (including phenoxy) is 2. The Labute approximate surface area is 189 Å². The fourth-order valence-corrected chi connectivity index (χ4v) is 6.20. The van der Waals surface area contributed by atoms with E-state index >= 15 is 0 Å². The Morgan fingerprint density at radius 2 is 2.03 bits per heavy atom. The second-order valence-corrected chi connectivity index (χ2v) is 9.91. The Kier molecular flexibility index (Phi) is 6.13. The number of cyclic esters (lactones) is 1. The minimum atomic E-state index is -0.546. The van der Waals surface area contributed by atoms with Crippen molar-refractivity contribution < 1.29 is 24.2 Å². The standard InChI is InChI=1S/C27H32O5/c1-18-9-12-22-26(2,21(18)11-10-20-14-16-31-24(20)29)15-13-23(28)27(22,3)17-32-25(30)19-7-5-4-6-8-19/h4-8,10,14,16,21-23,28H,1,9,11-13,15,17H2,2-3H3/b20-10+/t21-,22+,23-,26+,27+/m1/s1. The first kappa shape index (κ1) is 22.5. The first-order valence-corrected chi connectivity index (χ1v) is 11.4. The van der Waals surface area contributed by atoms with Gasteiger partial charge in [0.2, 0.25) is 0 Å². The Bertz CT molecular complexity index is 962. The highest BCUT2D eigenvalue weighted by Gasteiger charge is 2.58. The van der Waals surface area contributed by atoms with Crippen LogP contribution in [0, 0.1) is 22.7 Å². The van der Waals surface area contributed by atoms with Gasteiger partial charge in [-0.2, -0.15) is 0 Å². The van der Waals surface area contributed by atoms with Crippen molar-refractivity contribution >= 4 is 11.9 Å². The Balaban J connectivity index is 1.55. The third-order valence-electron chi connectivity index (χ3n) is 8.11. The highest BCUT2D eigenvalue weighted by Crippen LogP contribution is 2.62. The number of hydrogen-bond acceptors (Lipinski definition) is 5. The van der Waals surface area contributed by atoms with E-state index in [1.807, 2.05) is 24.3 Å². The van der Waals surface area contributed by atoms with E-state index < -0.39 is 11.5 Å². The fourth-order valence-electron chi connectivity index (χ4n) is 6.20. The lowest BCUT2D eigenvalue weighted by molar-refractivity contribution is -0.152.